The topological polar surface area (TPSA) is 3.88 Å². The van der Waals surface area contributed by atoms with Gasteiger partial charge in [-0.2, -0.15) is 4.57 Å². The molecule has 0 bridgehead atoms. The highest BCUT2D eigenvalue weighted by molar-refractivity contribution is 5.70. The van der Waals surface area contributed by atoms with Crippen LogP contribution in [0.1, 0.15) is 44.7 Å². The maximum absolute atomic E-state index is 2.59. The fraction of sp³-hybridized carbons (Fsp3) is 0.320. The summed E-state index contributed by atoms with van der Waals surface area (Å²) in [5.74, 6) is 0. The Morgan fingerprint density at radius 3 is 2.23 bits per heavy atom. The van der Waals surface area contributed by atoms with E-state index in [-0.39, 0.29) is 5.54 Å². The molecule has 2 aromatic carbocycles. The molecule has 1 aliphatic rings. The molecule has 1 nitrogen and oxygen atoms in total. The van der Waals surface area contributed by atoms with Gasteiger partial charge in [0, 0.05) is 36.5 Å². The lowest BCUT2D eigenvalue weighted by Gasteiger charge is -2.33. The molecule has 1 aliphatic heterocycles. The lowest BCUT2D eigenvalue weighted by atomic mass is 9.78. The van der Waals surface area contributed by atoms with Crippen LogP contribution >= 0.6 is 0 Å². The molecule has 26 heavy (non-hydrogen) atoms. The van der Waals surface area contributed by atoms with E-state index in [4.69, 9.17) is 0 Å². The normalized spacial score (nSPS) is 14.6. The van der Waals surface area contributed by atoms with Gasteiger partial charge in [0.1, 0.15) is 0 Å². The van der Waals surface area contributed by atoms with Gasteiger partial charge in [-0.25, -0.2) is 0 Å². The minimum Gasteiger partial charge on any atom is -0.192 e. The van der Waals surface area contributed by atoms with Crippen molar-refractivity contribution in [1.29, 1.82) is 0 Å². The second-order valence-electron chi connectivity index (χ2n) is 7.45. The first-order valence-electron chi connectivity index (χ1n) is 9.95. The van der Waals surface area contributed by atoms with E-state index in [1.807, 2.05) is 0 Å². The van der Waals surface area contributed by atoms with Crippen LogP contribution in [-0.4, -0.2) is 0 Å². The molecule has 1 aromatic heterocycles. The maximum atomic E-state index is 2.59. The van der Waals surface area contributed by atoms with Crippen molar-refractivity contribution in [3.8, 4) is 22.4 Å². The van der Waals surface area contributed by atoms with Crippen molar-refractivity contribution < 1.29 is 4.57 Å². The second kappa shape index (κ2) is 6.72. The third kappa shape index (κ3) is 2.58. The van der Waals surface area contributed by atoms with Gasteiger partial charge in [-0.15, -0.1) is 0 Å². The largest absolute Gasteiger partial charge is 0.213 e. The third-order valence-electron chi connectivity index (χ3n) is 6.28. The smallest absolute Gasteiger partial charge is 0.192 e. The quantitative estimate of drug-likeness (QED) is 0.516. The minimum atomic E-state index is 0.166. The predicted molar refractivity (Wildman–Crippen MR) is 109 cm³/mol. The lowest BCUT2D eigenvalue weighted by Crippen LogP contribution is -2.60. The molecule has 0 atom stereocenters. The summed E-state index contributed by atoms with van der Waals surface area (Å²) in [5, 5.41) is 0. The highest BCUT2D eigenvalue weighted by Gasteiger charge is 2.43. The standard InChI is InChI=1S/C25H28N/c1-4-19-16-24-22-15-11-10-14-21(22)17-25(5-2,6-3)26(24)18-23(19)20-12-8-7-9-13-20/h7-16,18H,4-6,17H2,1-3H3/q+1. The number of aromatic nitrogens is 1. The molecule has 0 unspecified atom stereocenters. The van der Waals surface area contributed by atoms with Gasteiger partial charge in [-0.05, 0) is 29.2 Å². The van der Waals surface area contributed by atoms with E-state index < -0.39 is 0 Å². The van der Waals surface area contributed by atoms with Gasteiger partial charge in [-0.1, -0.05) is 69.3 Å². The molecule has 1 heteroatoms. The number of hydrogen-bond acceptors (Lipinski definition) is 0. The Morgan fingerprint density at radius 1 is 0.846 bits per heavy atom. The predicted octanol–water partition coefficient (Wildman–Crippen LogP) is 5.94. The molecule has 2 heterocycles. The monoisotopic (exact) mass is 342 g/mol. The zero-order chi connectivity index (χ0) is 18.1. The highest BCUT2D eigenvalue weighted by atomic mass is 15.1. The fourth-order valence-electron chi connectivity index (χ4n) is 4.57. The van der Waals surface area contributed by atoms with Crippen molar-refractivity contribution in [3.63, 3.8) is 0 Å². The molecular weight excluding hydrogens is 314 g/mol. The molecule has 0 radical (unpaired) electrons. The van der Waals surface area contributed by atoms with Crippen molar-refractivity contribution in [2.75, 3.05) is 0 Å². The first-order valence-corrected chi connectivity index (χ1v) is 9.95. The van der Waals surface area contributed by atoms with E-state index in [2.05, 4.69) is 92.2 Å². The average Bonchev–Trinajstić information content (AvgIpc) is 2.72. The van der Waals surface area contributed by atoms with Crippen LogP contribution in [0.25, 0.3) is 22.4 Å². The Kier molecular flexibility index (Phi) is 4.40. The molecule has 132 valence electrons. The summed E-state index contributed by atoms with van der Waals surface area (Å²) in [6, 6.07) is 22.2. The van der Waals surface area contributed by atoms with Gasteiger partial charge in [-0.3, -0.25) is 0 Å². The summed E-state index contributed by atoms with van der Waals surface area (Å²) >= 11 is 0. The second-order valence-corrected chi connectivity index (χ2v) is 7.45. The van der Waals surface area contributed by atoms with Crippen LogP contribution in [0.3, 0.4) is 0 Å². The maximum Gasteiger partial charge on any atom is 0.213 e. The van der Waals surface area contributed by atoms with E-state index >= 15 is 0 Å². The SMILES string of the molecule is CCc1cc2[n+](cc1-c1ccccc1)C(CC)(CC)Cc1ccccc1-2. The Bertz CT molecular complexity index is 920. The van der Waals surface area contributed by atoms with E-state index in [1.54, 1.807) is 0 Å². The van der Waals surface area contributed by atoms with E-state index in [1.165, 1.54) is 33.5 Å². The summed E-state index contributed by atoms with van der Waals surface area (Å²) in [6.45, 7) is 6.94. The lowest BCUT2D eigenvalue weighted by molar-refractivity contribution is -0.758. The Hall–Kier alpha value is -2.41. The van der Waals surface area contributed by atoms with Crippen LogP contribution in [0, 0.1) is 0 Å². The molecule has 0 aliphatic carbocycles. The molecule has 3 aromatic rings. The number of hydrogen-bond donors (Lipinski definition) is 0. The number of fused-ring (bicyclic) bond motifs is 3. The first kappa shape index (κ1) is 17.0. The van der Waals surface area contributed by atoms with Crippen molar-refractivity contribution in [2.24, 2.45) is 0 Å². The van der Waals surface area contributed by atoms with Crippen LogP contribution in [-0.2, 0) is 18.4 Å². The zero-order valence-electron chi connectivity index (χ0n) is 16.1. The summed E-state index contributed by atoms with van der Waals surface area (Å²) in [6.07, 6.45) is 6.90. The fourth-order valence-corrected chi connectivity index (χ4v) is 4.57. The van der Waals surface area contributed by atoms with Crippen LogP contribution in [0.2, 0.25) is 0 Å². The highest BCUT2D eigenvalue weighted by Crippen LogP contribution is 2.38. The summed E-state index contributed by atoms with van der Waals surface area (Å²) in [4.78, 5) is 0. The van der Waals surface area contributed by atoms with Crippen molar-refractivity contribution in [1.82, 2.24) is 0 Å². The summed E-state index contributed by atoms with van der Waals surface area (Å²) in [5.41, 5.74) is 8.57. The van der Waals surface area contributed by atoms with E-state index in [9.17, 15) is 0 Å². The number of nitrogens with zero attached hydrogens (tertiary/aromatic N) is 1. The first-order chi connectivity index (χ1) is 12.7. The van der Waals surface area contributed by atoms with Crippen LogP contribution in [0.15, 0.2) is 66.9 Å². The Balaban J connectivity index is 2.03. The molecule has 0 spiro atoms. The molecule has 0 fully saturated rings. The Morgan fingerprint density at radius 2 is 1.54 bits per heavy atom. The summed E-state index contributed by atoms with van der Waals surface area (Å²) in [7, 11) is 0. The van der Waals surface area contributed by atoms with E-state index in [0.29, 0.717) is 0 Å². The van der Waals surface area contributed by atoms with Crippen LogP contribution in [0.4, 0.5) is 0 Å². The van der Waals surface area contributed by atoms with Gasteiger partial charge < -0.3 is 0 Å². The molecule has 0 saturated carbocycles. The van der Waals surface area contributed by atoms with Gasteiger partial charge >= 0.3 is 0 Å². The molecule has 0 N–H and O–H groups in total. The minimum absolute atomic E-state index is 0.166. The molecule has 0 amide bonds. The van der Waals surface area contributed by atoms with Gasteiger partial charge in [0.25, 0.3) is 0 Å². The zero-order valence-corrected chi connectivity index (χ0v) is 16.1. The number of rotatable bonds is 4. The number of aryl methyl sites for hydroxylation is 1. The van der Waals surface area contributed by atoms with Crippen LogP contribution < -0.4 is 4.57 Å². The molecule has 0 saturated heterocycles. The Labute approximate surface area is 157 Å². The third-order valence-corrected chi connectivity index (χ3v) is 6.28. The number of benzene rings is 2. The summed E-state index contributed by atoms with van der Waals surface area (Å²) < 4.78 is 2.59. The van der Waals surface area contributed by atoms with Crippen molar-refractivity contribution in [2.45, 2.75) is 52.0 Å². The van der Waals surface area contributed by atoms with Gasteiger partial charge in [0.15, 0.2) is 11.7 Å². The van der Waals surface area contributed by atoms with Crippen LogP contribution in [0.5, 0.6) is 0 Å². The molecular formula is C25H28N+. The van der Waals surface area contributed by atoms with Crippen molar-refractivity contribution >= 4 is 0 Å². The van der Waals surface area contributed by atoms with Gasteiger partial charge in [0.2, 0.25) is 5.69 Å². The van der Waals surface area contributed by atoms with Crippen molar-refractivity contribution in [3.05, 3.63) is 78.0 Å². The van der Waals surface area contributed by atoms with Gasteiger partial charge in [0.05, 0.1) is 0 Å². The number of pyridine rings is 1. The van der Waals surface area contributed by atoms with E-state index in [0.717, 1.165) is 25.7 Å². The molecule has 4 rings (SSSR count). The average molecular weight is 343 g/mol.